The van der Waals surface area contributed by atoms with E-state index in [4.69, 9.17) is 5.26 Å². The van der Waals surface area contributed by atoms with Crippen LogP contribution in [0.2, 0.25) is 0 Å². The average molecular weight is 335 g/mol. The predicted molar refractivity (Wildman–Crippen MR) is 66.3 cm³/mol. The van der Waals surface area contributed by atoms with Gasteiger partial charge in [0.2, 0.25) is 0 Å². The van der Waals surface area contributed by atoms with Gasteiger partial charge in [-0.25, -0.2) is 0 Å². The minimum atomic E-state index is -4.52. The molecule has 0 aliphatic heterocycles. The first-order valence-corrected chi connectivity index (χ1v) is 6.17. The van der Waals surface area contributed by atoms with Crippen molar-refractivity contribution in [1.29, 1.82) is 5.26 Å². The summed E-state index contributed by atoms with van der Waals surface area (Å²) in [5.41, 5.74) is -0.954. The van der Waals surface area contributed by atoms with E-state index in [1.807, 2.05) is 6.07 Å². The van der Waals surface area contributed by atoms with Crippen molar-refractivity contribution in [2.24, 2.45) is 0 Å². The molecule has 1 aromatic carbocycles. The van der Waals surface area contributed by atoms with E-state index in [0.29, 0.717) is 6.42 Å². The topological polar surface area (TPSA) is 52.9 Å². The summed E-state index contributed by atoms with van der Waals surface area (Å²) in [4.78, 5) is 11.6. The lowest BCUT2D eigenvalue weighted by molar-refractivity contribution is -0.138. The predicted octanol–water partition coefficient (Wildman–Crippen LogP) is 3.50. The fraction of sp³-hybridized carbons (Fsp3) is 0.333. The molecule has 0 radical (unpaired) electrons. The normalized spacial score (nSPS) is 10.9. The Hall–Kier alpha value is -1.55. The van der Waals surface area contributed by atoms with Crippen LogP contribution in [0.5, 0.6) is 0 Å². The van der Waals surface area contributed by atoms with Crippen molar-refractivity contribution < 1.29 is 18.0 Å². The number of hydrogen-bond acceptors (Lipinski definition) is 2. The van der Waals surface area contributed by atoms with Gasteiger partial charge in [-0.05, 0) is 24.6 Å². The molecule has 0 aromatic heterocycles. The number of nitrogens with one attached hydrogen (secondary N) is 1. The van der Waals surface area contributed by atoms with Crippen molar-refractivity contribution in [3.63, 3.8) is 0 Å². The Bertz CT molecular complexity index is 509. The van der Waals surface area contributed by atoms with Crippen LogP contribution < -0.4 is 5.32 Å². The van der Waals surface area contributed by atoms with E-state index in [9.17, 15) is 18.0 Å². The van der Waals surface area contributed by atoms with Gasteiger partial charge in [0.25, 0.3) is 5.91 Å². The van der Waals surface area contributed by atoms with Crippen LogP contribution in [0.4, 0.5) is 13.2 Å². The largest absolute Gasteiger partial charge is 0.417 e. The van der Waals surface area contributed by atoms with Crippen molar-refractivity contribution in [3.8, 4) is 6.07 Å². The Morgan fingerprint density at radius 1 is 1.42 bits per heavy atom. The van der Waals surface area contributed by atoms with E-state index in [1.54, 1.807) is 0 Å². The van der Waals surface area contributed by atoms with Gasteiger partial charge in [0.15, 0.2) is 0 Å². The van der Waals surface area contributed by atoms with Gasteiger partial charge in [0, 0.05) is 23.0 Å². The molecular weight excluding hydrogens is 325 g/mol. The van der Waals surface area contributed by atoms with Gasteiger partial charge in [0.1, 0.15) is 0 Å². The number of halogens is 4. The standard InChI is InChI=1S/C12H10BrF3N2O/c13-10-4-3-8(7-9(10)12(14,15)16)11(19)18-6-2-1-5-17/h3-4,7H,1-2,6H2,(H,18,19). The Labute approximate surface area is 116 Å². The van der Waals surface area contributed by atoms with Crippen LogP contribution in [0.25, 0.3) is 0 Å². The first-order valence-electron chi connectivity index (χ1n) is 5.38. The van der Waals surface area contributed by atoms with Crippen molar-refractivity contribution in [2.45, 2.75) is 19.0 Å². The molecule has 0 saturated heterocycles. The molecule has 0 unspecified atom stereocenters. The highest BCUT2D eigenvalue weighted by Gasteiger charge is 2.33. The molecule has 1 amide bonds. The highest BCUT2D eigenvalue weighted by Crippen LogP contribution is 2.35. The fourth-order valence-corrected chi connectivity index (χ4v) is 1.83. The van der Waals surface area contributed by atoms with Crippen LogP contribution in [0.1, 0.15) is 28.8 Å². The third kappa shape index (κ3) is 4.56. The maximum absolute atomic E-state index is 12.6. The molecule has 1 aromatic rings. The van der Waals surface area contributed by atoms with E-state index >= 15 is 0 Å². The van der Waals surface area contributed by atoms with Crippen LogP contribution in [-0.4, -0.2) is 12.5 Å². The molecule has 102 valence electrons. The van der Waals surface area contributed by atoms with Gasteiger partial charge in [-0.2, -0.15) is 18.4 Å². The molecule has 0 heterocycles. The highest BCUT2D eigenvalue weighted by atomic mass is 79.9. The third-order valence-corrected chi connectivity index (χ3v) is 2.98. The maximum atomic E-state index is 12.6. The summed E-state index contributed by atoms with van der Waals surface area (Å²) in [6, 6.07) is 5.20. The zero-order valence-corrected chi connectivity index (χ0v) is 11.3. The minimum Gasteiger partial charge on any atom is -0.352 e. The van der Waals surface area contributed by atoms with Crippen LogP contribution >= 0.6 is 15.9 Å². The first kappa shape index (κ1) is 15.5. The Morgan fingerprint density at radius 3 is 2.68 bits per heavy atom. The van der Waals surface area contributed by atoms with E-state index in [-0.39, 0.29) is 23.0 Å². The summed E-state index contributed by atoms with van der Waals surface area (Å²) >= 11 is 2.80. The van der Waals surface area contributed by atoms with Gasteiger partial charge in [0.05, 0.1) is 11.6 Å². The Kier molecular flexibility index (Phi) is 5.36. The maximum Gasteiger partial charge on any atom is 0.417 e. The minimum absolute atomic E-state index is 0.0625. The monoisotopic (exact) mass is 334 g/mol. The number of nitriles is 1. The summed E-state index contributed by atoms with van der Waals surface area (Å²) in [7, 11) is 0. The number of carbonyl (C=O) groups excluding carboxylic acids is 1. The summed E-state index contributed by atoms with van der Waals surface area (Å²) in [6.07, 6.45) is -3.77. The molecule has 19 heavy (non-hydrogen) atoms. The molecule has 0 aliphatic rings. The lowest BCUT2D eigenvalue weighted by Gasteiger charge is -2.11. The van der Waals surface area contributed by atoms with Gasteiger partial charge in [-0.3, -0.25) is 4.79 Å². The molecule has 0 bridgehead atoms. The molecule has 0 aliphatic carbocycles. The number of hydrogen-bond donors (Lipinski definition) is 1. The molecule has 0 saturated carbocycles. The second-order valence-electron chi connectivity index (χ2n) is 3.71. The quantitative estimate of drug-likeness (QED) is 0.857. The Morgan fingerprint density at radius 2 is 2.11 bits per heavy atom. The lowest BCUT2D eigenvalue weighted by Crippen LogP contribution is -2.24. The van der Waals surface area contributed by atoms with E-state index in [2.05, 4.69) is 21.2 Å². The van der Waals surface area contributed by atoms with Gasteiger partial charge in [-0.15, -0.1) is 0 Å². The van der Waals surface area contributed by atoms with E-state index < -0.39 is 17.6 Å². The number of unbranched alkanes of at least 4 members (excludes halogenated alkanes) is 1. The van der Waals surface area contributed by atoms with Crippen molar-refractivity contribution in [2.75, 3.05) is 6.54 Å². The first-order chi connectivity index (χ1) is 8.86. The smallest absolute Gasteiger partial charge is 0.352 e. The van der Waals surface area contributed by atoms with Gasteiger partial charge in [-0.1, -0.05) is 15.9 Å². The van der Waals surface area contributed by atoms with Crippen molar-refractivity contribution in [3.05, 3.63) is 33.8 Å². The molecule has 1 rings (SSSR count). The number of alkyl halides is 3. The molecule has 1 N–H and O–H groups in total. The van der Waals surface area contributed by atoms with Crippen LogP contribution in [0.3, 0.4) is 0 Å². The number of carbonyl (C=O) groups is 1. The second kappa shape index (κ2) is 6.57. The Balaban J connectivity index is 2.79. The molecule has 0 spiro atoms. The lowest BCUT2D eigenvalue weighted by atomic mass is 10.1. The fourth-order valence-electron chi connectivity index (χ4n) is 1.36. The number of nitrogens with zero attached hydrogens (tertiary/aromatic N) is 1. The second-order valence-corrected chi connectivity index (χ2v) is 4.56. The zero-order valence-electron chi connectivity index (χ0n) is 9.72. The number of rotatable bonds is 4. The highest BCUT2D eigenvalue weighted by molar-refractivity contribution is 9.10. The van der Waals surface area contributed by atoms with E-state index in [1.165, 1.54) is 12.1 Å². The average Bonchev–Trinajstić information content (AvgIpc) is 2.33. The third-order valence-electron chi connectivity index (χ3n) is 2.28. The van der Waals surface area contributed by atoms with Crippen LogP contribution in [0.15, 0.2) is 22.7 Å². The summed E-state index contributed by atoms with van der Waals surface area (Å²) in [5, 5.41) is 10.8. The number of benzene rings is 1. The van der Waals surface area contributed by atoms with Gasteiger partial charge >= 0.3 is 6.18 Å². The summed E-state index contributed by atoms with van der Waals surface area (Å²) in [6.45, 7) is 0.254. The zero-order chi connectivity index (χ0) is 14.5. The SMILES string of the molecule is N#CCCCNC(=O)c1ccc(Br)c(C(F)(F)F)c1. The summed E-state index contributed by atoms with van der Waals surface area (Å²) < 4.78 is 37.8. The molecule has 0 fully saturated rings. The van der Waals surface area contributed by atoms with Crippen molar-refractivity contribution in [1.82, 2.24) is 5.32 Å². The molecule has 3 nitrogen and oxygen atoms in total. The van der Waals surface area contributed by atoms with Crippen LogP contribution in [-0.2, 0) is 6.18 Å². The van der Waals surface area contributed by atoms with E-state index in [0.717, 1.165) is 6.07 Å². The molecular formula is C12H10BrF3N2O. The summed E-state index contributed by atoms with van der Waals surface area (Å²) in [5.74, 6) is -0.587. The van der Waals surface area contributed by atoms with Crippen molar-refractivity contribution >= 4 is 21.8 Å². The van der Waals surface area contributed by atoms with Crippen LogP contribution in [0, 0.1) is 11.3 Å². The molecule has 7 heteroatoms. The number of amides is 1. The molecule has 0 atom stereocenters. The van der Waals surface area contributed by atoms with Gasteiger partial charge < -0.3 is 5.32 Å².